The lowest BCUT2D eigenvalue weighted by Gasteiger charge is -2.08. The van der Waals surface area contributed by atoms with Crippen LogP contribution in [-0.4, -0.2) is 16.8 Å². The molecule has 0 radical (unpaired) electrons. The van der Waals surface area contributed by atoms with Gasteiger partial charge in [0, 0.05) is 22.4 Å². The van der Waals surface area contributed by atoms with E-state index in [1.165, 1.54) is 6.20 Å². The predicted molar refractivity (Wildman–Crippen MR) is 80.0 cm³/mol. The van der Waals surface area contributed by atoms with E-state index in [9.17, 15) is 9.59 Å². The third-order valence-electron chi connectivity index (χ3n) is 2.61. The number of halogens is 2. The topological polar surface area (TPSA) is 71.1 Å². The number of pyridine rings is 1. The van der Waals surface area contributed by atoms with Gasteiger partial charge in [0.25, 0.3) is 5.91 Å². The average molecular weight is 324 g/mol. The fourth-order valence-corrected chi connectivity index (χ4v) is 2.05. The van der Waals surface area contributed by atoms with Gasteiger partial charge in [-0.1, -0.05) is 29.3 Å². The van der Waals surface area contributed by atoms with Crippen LogP contribution in [0, 0.1) is 0 Å². The van der Waals surface area contributed by atoms with Crippen LogP contribution in [0.15, 0.2) is 42.7 Å². The lowest BCUT2D eigenvalue weighted by atomic mass is 10.1. The van der Waals surface area contributed by atoms with Crippen molar-refractivity contribution in [1.29, 1.82) is 0 Å². The molecule has 1 heterocycles. The molecule has 108 valence electrons. The lowest BCUT2D eigenvalue weighted by molar-refractivity contribution is -0.121. The molecule has 0 bridgehead atoms. The Balaban J connectivity index is 1.89. The minimum atomic E-state index is -0.446. The van der Waals surface area contributed by atoms with Crippen LogP contribution >= 0.6 is 23.2 Å². The molecule has 2 aromatic rings. The van der Waals surface area contributed by atoms with Crippen molar-refractivity contribution in [1.82, 2.24) is 15.8 Å². The normalized spacial score (nSPS) is 10.0. The lowest BCUT2D eigenvalue weighted by Crippen LogP contribution is -2.42. The molecule has 0 aliphatic rings. The number of nitrogens with one attached hydrogen (secondary N) is 2. The van der Waals surface area contributed by atoms with Gasteiger partial charge in [-0.05, 0) is 29.8 Å². The van der Waals surface area contributed by atoms with Gasteiger partial charge in [0.15, 0.2) is 0 Å². The molecule has 2 amide bonds. The van der Waals surface area contributed by atoms with E-state index in [4.69, 9.17) is 23.2 Å². The van der Waals surface area contributed by atoms with E-state index >= 15 is 0 Å². The fourth-order valence-electron chi connectivity index (χ4n) is 1.58. The molecule has 21 heavy (non-hydrogen) atoms. The quantitative estimate of drug-likeness (QED) is 0.852. The monoisotopic (exact) mass is 323 g/mol. The Morgan fingerprint density at radius 3 is 2.62 bits per heavy atom. The van der Waals surface area contributed by atoms with Crippen molar-refractivity contribution in [2.45, 2.75) is 6.42 Å². The van der Waals surface area contributed by atoms with E-state index in [0.29, 0.717) is 21.2 Å². The number of benzene rings is 1. The molecule has 0 atom stereocenters. The Bertz CT molecular complexity index is 663. The number of rotatable bonds is 3. The summed E-state index contributed by atoms with van der Waals surface area (Å²) in [6.45, 7) is 0. The Kier molecular flexibility index (Phi) is 5.14. The smallest absolute Gasteiger partial charge is 0.271 e. The molecule has 5 nitrogen and oxygen atoms in total. The van der Waals surface area contributed by atoms with Crippen LogP contribution in [0.4, 0.5) is 0 Å². The maximum atomic E-state index is 11.8. The Morgan fingerprint density at radius 1 is 1.14 bits per heavy atom. The molecule has 1 aromatic carbocycles. The van der Waals surface area contributed by atoms with E-state index in [-0.39, 0.29) is 6.42 Å². The first kappa shape index (κ1) is 15.3. The van der Waals surface area contributed by atoms with Crippen LogP contribution < -0.4 is 10.9 Å². The highest BCUT2D eigenvalue weighted by molar-refractivity contribution is 6.35. The molecule has 0 unspecified atom stereocenters. The molecule has 7 heteroatoms. The third-order valence-corrected chi connectivity index (χ3v) is 3.19. The zero-order valence-electron chi connectivity index (χ0n) is 10.8. The van der Waals surface area contributed by atoms with Gasteiger partial charge in [-0.25, -0.2) is 0 Å². The van der Waals surface area contributed by atoms with Crippen molar-refractivity contribution >= 4 is 35.0 Å². The summed E-state index contributed by atoms with van der Waals surface area (Å²) in [7, 11) is 0. The summed E-state index contributed by atoms with van der Waals surface area (Å²) in [5.74, 6) is -0.838. The third kappa shape index (κ3) is 4.44. The molecule has 0 saturated carbocycles. The van der Waals surface area contributed by atoms with Crippen LogP contribution in [0.25, 0.3) is 0 Å². The molecule has 0 fully saturated rings. The van der Waals surface area contributed by atoms with E-state index in [2.05, 4.69) is 15.8 Å². The highest BCUT2D eigenvalue weighted by Gasteiger charge is 2.10. The Hall–Kier alpha value is -2.11. The number of nitrogens with zero attached hydrogens (tertiary/aromatic N) is 1. The molecule has 0 aliphatic heterocycles. The second-order valence-electron chi connectivity index (χ2n) is 4.16. The van der Waals surface area contributed by atoms with Crippen molar-refractivity contribution in [2.75, 3.05) is 0 Å². The molecule has 0 aliphatic carbocycles. The minimum Gasteiger partial charge on any atom is -0.273 e. The molecule has 0 spiro atoms. The van der Waals surface area contributed by atoms with Gasteiger partial charge >= 0.3 is 0 Å². The first-order chi connectivity index (χ1) is 10.1. The first-order valence-corrected chi connectivity index (χ1v) is 6.75. The summed E-state index contributed by atoms with van der Waals surface area (Å²) in [6.07, 6.45) is 2.98. The average Bonchev–Trinajstić information content (AvgIpc) is 2.48. The highest BCUT2D eigenvalue weighted by atomic mass is 35.5. The van der Waals surface area contributed by atoms with E-state index in [1.54, 1.807) is 36.5 Å². The standard InChI is InChI=1S/C14H11Cl2N3O2/c15-11-4-3-9(12(16)7-11)6-13(20)18-19-14(21)10-2-1-5-17-8-10/h1-5,7-8H,6H2,(H,18,20)(H,19,21). The summed E-state index contributed by atoms with van der Waals surface area (Å²) in [5, 5.41) is 0.894. The summed E-state index contributed by atoms with van der Waals surface area (Å²) < 4.78 is 0. The van der Waals surface area contributed by atoms with Crippen molar-refractivity contribution in [3.8, 4) is 0 Å². The second-order valence-corrected chi connectivity index (χ2v) is 5.00. The molecular weight excluding hydrogens is 313 g/mol. The maximum Gasteiger partial charge on any atom is 0.271 e. The largest absolute Gasteiger partial charge is 0.273 e. The minimum absolute atomic E-state index is 0.0311. The van der Waals surface area contributed by atoms with Gasteiger partial charge in [0.05, 0.1) is 12.0 Å². The number of hydrogen-bond acceptors (Lipinski definition) is 3. The maximum absolute atomic E-state index is 11.8. The fraction of sp³-hybridized carbons (Fsp3) is 0.0714. The Morgan fingerprint density at radius 2 is 1.95 bits per heavy atom. The van der Waals surface area contributed by atoms with Gasteiger partial charge in [-0.15, -0.1) is 0 Å². The summed E-state index contributed by atoms with van der Waals surface area (Å²) in [4.78, 5) is 27.3. The predicted octanol–water partition coefficient (Wildman–Crippen LogP) is 2.39. The van der Waals surface area contributed by atoms with Crippen molar-refractivity contribution in [2.24, 2.45) is 0 Å². The zero-order valence-corrected chi connectivity index (χ0v) is 12.3. The number of hydrogen-bond donors (Lipinski definition) is 2. The molecule has 1 aromatic heterocycles. The van der Waals surface area contributed by atoms with E-state index in [1.807, 2.05) is 0 Å². The first-order valence-electron chi connectivity index (χ1n) is 5.99. The van der Waals surface area contributed by atoms with Crippen molar-refractivity contribution in [3.05, 3.63) is 63.9 Å². The summed E-state index contributed by atoms with van der Waals surface area (Å²) in [6, 6.07) is 8.08. The van der Waals surface area contributed by atoms with Crippen LogP contribution in [0.2, 0.25) is 10.0 Å². The van der Waals surface area contributed by atoms with Crippen molar-refractivity contribution < 1.29 is 9.59 Å². The highest BCUT2D eigenvalue weighted by Crippen LogP contribution is 2.21. The SMILES string of the molecule is O=C(Cc1ccc(Cl)cc1Cl)NNC(=O)c1cccnc1. The van der Waals surface area contributed by atoms with Crippen molar-refractivity contribution in [3.63, 3.8) is 0 Å². The van der Waals surface area contributed by atoms with E-state index in [0.717, 1.165) is 0 Å². The Labute approximate surface area is 131 Å². The molecule has 2 N–H and O–H groups in total. The van der Waals surface area contributed by atoms with Gasteiger partial charge < -0.3 is 0 Å². The number of carbonyl (C=O) groups excluding carboxylic acids is 2. The number of amides is 2. The van der Waals surface area contributed by atoms with Gasteiger partial charge in [-0.2, -0.15) is 0 Å². The van der Waals surface area contributed by atoms with E-state index < -0.39 is 11.8 Å². The van der Waals surface area contributed by atoms with Crippen LogP contribution in [0.5, 0.6) is 0 Å². The number of hydrazine groups is 1. The number of aromatic nitrogens is 1. The van der Waals surface area contributed by atoms with Gasteiger partial charge in [0.1, 0.15) is 0 Å². The number of carbonyl (C=O) groups is 2. The zero-order chi connectivity index (χ0) is 15.2. The molecule has 2 rings (SSSR count). The summed E-state index contributed by atoms with van der Waals surface area (Å²) >= 11 is 11.7. The molecule has 0 saturated heterocycles. The van der Waals surface area contributed by atoms with Crippen LogP contribution in [0.3, 0.4) is 0 Å². The van der Waals surface area contributed by atoms with Gasteiger partial charge in [-0.3, -0.25) is 25.4 Å². The van der Waals surface area contributed by atoms with Gasteiger partial charge in [0.2, 0.25) is 5.91 Å². The van der Waals surface area contributed by atoms with Crippen LogP contribution in [0.1, 0.15) is 15.9 Å². The van der Waals surface area contributed by atoms with Crippen LogP contribution in [-0.2, 0) is 11.2 Å². The second kappa shape index (κ2) is 7.06. The molecular formula is C14H11Cl2N3O2. The summed E-state index contributed by atoms with van der Waals surface area (Å²) in [5.41, 5.74) is 5.58.